The van der Waals surface area contributed by atoms with Crippen LogP contribution in [0.25, 0.3) is 0 Å². The lowest BCUT2D eigenvalue weighted by Crippen LogP contribution is -2.22. The van der Waals surface area contributed by atoms with Gasteiger partial charge in [0, 0.05) is 21.5 Å². The summed E-state index contributed by atoms with van der Waals surface area (Å²) in [5.41, 5.74) is 0.845. The molecule has 0 spiro atoms. The Hall–Kier alpha value is -2.38. The minimum Gasteiger partial charge on any atom is -0.496 e. The van der Waals surface area contributed by atoms with Crippen LogP contribution >= 0.6 is 15.9 Å². The topological polar surface area (TPSA) is 68.5 Å². The summed E-state index contributed by atoms with van der Waals surface area (Å²) in [6, 6.07) is 18.0. The Morgan fingerprint density at radius 2 is 1.93 bits per heavy atom. The summed E-state index contributed by atoms with van der Waals surface area (Å²) in [6.45, 7) is 0.299. The number of amides is 1. The van der Waals surface area contributed by atoms with Crippen LogP contribution < -0.4 is 10.1 Å². The van der Waals surface area contributed by atoms with Crippen molar-refractivity contribution in [2.24, 2.45) is 0 Å². The Balaban J connectivity index is 1.62. The van der Waals surface area contributed by atoms with E-state index in [9.17, 15) is 9.00 Å². The summed E-state index contributed by atoms with van der Waals surface area (Å²) in [5, 5.41) is 2.81. The SMILES string of the molecule is COc1ccc(Br)cc1CNC(=O)c1ccc(CS(=O)c2ccccc2)o1. The van der Waals surface area contributed by atoms with Gasteiger partial charge < -0.3 is 14.5 Å². The first-order chi connectivity index (χ1) is 13.1. The molecular formula is C20H18BrNO4S. The van der Waals surface area contributed by atoms with Gasteiger partial charge in [-0.05, 0) is 42.5 Å². The number of carbonyl (C=O) groups is 1. The predicted molar refractivity (Wildman–Crippen MR) is 107 cm³/mol. The van der Waals surface area contributed by atoms with E-state index in [0.29, 0.717) is 18.1 Å². The normalized spacial score (nSPS) is 11.8. The summed E-state index contributed by atoms with van der Waals surface area (Å²) >= 11 is 3.41. The van der Waals surface area contributed by atoms with Gasteiger partial charge in [-0.2, -0.15) is 0 Å². The molecule has 1 aromatic heterocycles. The highest BCUT2D eigenvalue weighted by Gasteiger charge is 2.14. The van der Waals surface area contributed by atoms with E-state index in [0.717, 1.165) is 14.9 Å². The van der Waals surface area contributed by atoms with Gasteiger partial charge in [0.1, 0.15) is 11.5 Å². The first-order valence-corrected chi connectivity index (χ1v) is 10.3. The Morgan fingerprint density at radius 1 is 1.15 bits per heavy atom. The van der Waals surface area contributed by atoms with Crippen molar-refractivity contribution < 1.29 is 18.2 Å². The number of halogens is 1. The Kier molecular flexibility index (Phi) is 6.47. The molecule has 0 bridgehead atoms. The van der Waals surface area contributed by atoms with Gasteiger partial charge in [0.2, 0.25) is 0 Å². The lowest BCUT2D eigenvalue weighted by molar-refractivity contribution is 0.0921. The van der Waals surface area contributed by atoms with Gasteiger partial charge >= 0.3 is 0 Å². The minimum absolute atomic E-state index is 0.184. The Labute approximate surface area is 168 Å². The molecule has 0 saturated carbocycles. The maximum Gasteiger partial charge on any atom is 0.287 e. The third-order valence-electron chi connectivity index (χ3n) is 3.85. The summed E-state index contributed by atoms with van der Waals surface area (Å²) in [6.07, 6.45) is 0. The molecule has 27 heavy (non-hydrogen) atoms. The number of furan rings is 1. The number of benzene rings is 2. The predicted octanol–water partition coefficient (Wildman–Crippen LogP) is 4.29. The van der Waals surface area contributed by atoms with Crippen LogP contribution in [0.1, 0.15) is 21.9 Å². The fraction of sp³-hybridized carbons (Fsp3) is 0.150. The van der Waals surface area contributed by atoms with Crippen LogP contribution in [-0.4, -0.2) is 17.2 Å². The van der Waals surface area contributed by atoms with Crippen molar-refractivity contribution in [2.75, 3.05) is 7.11 Å². The summed E-state index contributed by atoms with van der Waals surface area (Å²) in [5.74, 6) is 1.26. The molecule has 1 unspecified atom stereocenters. The fourth-order valence-electron chi connectivity index (χ4n) is 2.51. The van der Waals surface area contributed by atoms with E-state index < -0.39 is 10.8 Å². The monoisotopic (exact) mass is 447 g/mol. The largest absolute Gasteiger partial charge is 0.496 e. The van der Waals surface area contributed by atoms with Crippen LogP contribution in [0.5, 0.6) is 5.75 Å². The molecule has 0 fully saturated rings. The Morgan fingerprint density at radius 3 is 2.67 bits per heavy atom. The number of hydrogen-bond donors (Lipinski definition) is 1. The summed E-state index contributed by atoms with van der Waals surface area (Å²) in [4.78, 5) is 13.1. The third kappa shape index (κ3) is 5.08. The minimum atomic E-state index is -1.22. The van der Waals surface area contributed by atoms with Gasteiger partial charge in [0.15, 0.2) is 5.76 Å². The van der Waals surface area contributed by atoms with Crippen molar-refractivity contribution in [3.63, 3.8) is 0 Å². The molecule has 0 aliphatic heterocycles. The van der Waals surface area contributed by atoms with Crippen molar-refractivity contribution in [2.45, 2.75) is 17.2 Å². The fourth-order valence-corrected chi connectivity index (χ4v) is 3.96. The van der Waals surface area contributed by atoms with E-state index in [1.54, 1.807) is 31.4 Å². The van der Waals surface area contributed by atoms with Gasteiger partial charge in [-0.15, -0.1) is 0 Å². The molecule has 1 heterocycles. The summed E-state index contributed by atoms with van der Waals surface area (Å²) in [7, 11) is 0.362. The smallest absolute Gasteiger partial charge is 0.287 e. The molecule has 1 atom stereocenters. The quantitative estimate of drug-likeness (QED) is 0.586. The second-order valence-electron chi connectivity index (χ2n) is 5.71. The molecule has 5 nitrogen and oxygen atoms in total. The van der Waals surface area contributed by atoms with Crippen LogP contribution in [0.2, 0.25) is 0 Å². The average molecular weight is 448 g/mol. The van der Waals surface area contributed by atoms with Crippen molar-refractivity contribution in [3.8, 4) is 5.75 Å². The van der Waals surface area contributed by atoms with Crippen molar-refractivity contribution >= 4 is 32.6 Å². The molecule has 2 aromatic carbocycles. The van der Waals surface area contributed by atoms with Crippen molar-refractivity contribution in [1.82, 2.24) is 5.32 Å². The first kappa shape index (κ1) is 19.4. The molecular weight excluding hydrogens is 430 g/mol. The molecule has 1 amide bonds. The van der Waals surface area contributed by atoms with E-state index >= 15 is 0 Å². The maximum absolute atomic E-state index is 12.3. The zero-order valence-corrected chi connectivity index (χ0v) is 17.0. The lowest BCUT2D eigenvalue weighted by atomic mass is 10.2. The number of carbonyl (C=O) groups excluding carboxylic acids is 1. The van der Waals surface area contributed by atoms with E-state index in [1.165, 1.54) is 0 Å². The third-order valence-corrected chi connectivity index (χ3v) is 5.68. The molecule has 7 heteroatoms. The zero-order valence-electron chi connectivity index (χ0n) is 14.6. The van der Waals surface area contributed by atoms with Gasteiger partial charge in [-0.25, -0.2) is 0 Å². The van der Waals surface area contributed by atoms with Crippen molar-refractivity contribution in [1.29, 1.82) is 0 Å². The van der Waals surface area contributed by atoms with E-state index in [2.05, 4.69) is 21.2 Å². The van der Waals surface area contributed by atoms with Gasteiger partial charge in [-0.1, -0.05) is 34.1 Å². The number of rotatable bonds is 7. The number of methoxy groups -OCH3 is 1. The highest BCUT2D eigenvalue weighted by Crippen LogP contribution is 2.23. The highest BCUT2D eigenvalue weighted by atomic mass is 79.9. The van der Waals surface area contributed by atoms with Crippen LogP contribution in [-0.2, 0) is 23.1 Å². The van der Waals surface area contributed by atoms with Gasteiger partial charge in [0.05, 0.1) is 23.7 Å². The molecule has 3 rings (SSSR count). The van der Waals surface area contributed by atoms with Gasteiger partial charge in [-0.3, -0.25) is 9.00 Å². The van der Waals surface area contributed by atoms with Gasteiger partial charge in [0.25, 0.3) is 5.91 Å². The molecule has 3 aromatic rings. The molecule has 140 valence electrons. The molecule has 0 aliphatic rings. The molecule has 0 radical (unpaired) electrons. The molecule has 0 saturated heterocycles. The summed E-state index contributed by atoms with van der Waals surface area (Å²) < 4.78 is 24.1. The maximum atomic E-state index is 12.3. The first-order valence-electron chi connectivity index (χ1n) is 8.19. The lowest BCUT2D eigenvalue weighted by Gasteiger charge is -2.09. The van der Waals surface area contributed by atoms with Crippen molar-refractivity contribution in [3.05, 3.63) is 82.2 Å². The van der Waals surface area contributed by atoms with E-state index in [-0.39, 0.29) is 17.4 Å². The zero-order chi connectivity index (χ0) is 19.2. The van der Waals surface area contributed by atoms with E-state index in [4.69, 9.17) is 9.15 Å². The highest BCUT2D eigenvalue weighted by molar-refractivity contribution is 9.10. The van der Waals surface area contributed by atoms with Crippen LogP contribution in [0, 0.1) is 0 Å². The van der Waals surface area contributed by atoms with E-state index in [1.807, 2.05) is 36.4 Å². The number of hydrogen-bond acceptors (Lipinski definition) is 4. The van der Waals surface area contributed by atoms with Crippen LogP contribution in [0.15, 0.2) is 74.4 Å². The second-order valence-corrected chi connectivity index (χ2v) is 8.07. The Bertz CT molecular complexity index is 956. The van der Waals surface area contributed by atoms with Crippen LogP contribution in [0.4, 0.5) is 0 Å². The second kappa shape index (κ2) is 9.01. The van der Waals surface area contributed by atoms with Crippen LogP contribution in [0.3, 0.4) is 0 Å². The molecule has 0 aliphatic carbocycles. The number of nitrogens with one attached hydrogen (secondary N) is 1. The average Bonchev–Trinajstić information content (AvgIpc) is 3.15. The molecule has 1 N–H and O–H groups in total. The number of ether oxygens (including phenoxy) is 1. The standard InChI is InChI=1S/C20H18BrNO4S/c1-25-18-9-7-15(21)11-14(18)12-22-20(23)19-10-8-16(26-19)13-27(24)17-5-3-2-4-6-17/h2-11H,12-13H2,1H3,(H,22,23).